The molecule has 1 aromatic heterocycles. The SMILES string of the molecule is [O-][S+](c1cccnc1)N1CCCCC1. The van der Waals surface area contributed by atoms with Crippen LogP contribution in [0.25, 0.3) is 0 Å². The van der Waals surface area contributed by atoms with Crippen molar-refractivity contribution in [2.45, 2.75) is 24.2 Å². The quantitative estimate of drug-likeness (QED) is 0.696. The summed E-state index contributed by atoms with van der Waals surface area (Å²) in [7, 11) is 0. The van der Waals surface area contributed by atoms with Gasteiger partial charge >= 0.3 is 0 Å². The molecule has 0 amide bonds. The van der Waals surface area contributed by atoms with Gasteiger partial charge in [-0.25, -0.2) is 0 Å². The van der Waals surface area contributed by atoms with Crippen molar-refractivity contribution >= 4 is 11.4 Å². The summed E-state index contributed by atoms with van der Waals surface area (Å²) in [6.45, 7) is 1.89. The highest BCUT2D eigenvalue weighted by Gasteiger charge is 2.23. The van der Waals surface area contributed by atoms with Crippen LogP contribution in [-0.2, 0) is 11.4 Å². The van der Waals surface area contributed by atoms with Gasteiger partial charge in [-0.3, -0.25) is 4.98 Å². The van der Waals surface area contributed by atoms with E-state index in [1.54, 1.807) is 12.4 Å². The second-order valence-corrected chi connectivity index (χ2v) is 4.91. The third-order valence-electron chi connectivity index (χ3n) is 2.39. The number of aromatic nitrogens is 1. The van der Waals surface area contributed by atoms with Gasteiger partial charge < -0.3 is 4.55 Å². The van der Waals surface area contributed by atoms with Crippen LogP contribution >= 0.6 is 0 Å². The number of hydrogen-bond acceptors (Lipinski definition) is 3. The monoisotopic (exact) mass is 210 g/mol. The molecule has 76 valence electrons. The van der Waals surface area contributed by atoms with Gasteiger partial charge in [0.05, 0.1) is 17.6 Å². The topological polar surface area (TPSA) is 39.2 Å². The molecule has 1 aromatic rings. The highest BCUT2D eigenvalue weighted by atomic mass is 32.2. The molecule has 0 N–H and O–H groups in total. The number of pyridine rings is 1. The second kappa shape index (κ2) is 4.77. The van der Waals surface area contributed by atoms with Crippen LogP contribution in [0.5, 0.6) is 0 Å². The van der Waals surface area contributed by atoms with E-state index >= 15 is 0 Å². The lowest BCUT2D eigenvalue weighted by molar-refractivity contribution is 0.346. The van der Waals surface area contributed by atoms with Crippen LogP contribution in [0.3, 0.4) is 0 Å². The molecular weight excluding hydrogens is 196 g/mol. The molecule has 3 nitrogen and oxygen atoms in total. The van der Waals surface area contributed by atoms with Crippen LogP contribution in [0.2, 0.25) is 0 Å². The number of piperidine rings is 1. The summed E-state index contributed by atoms with van der Waals surface area (Å²) in [4.78, 5) is 4.80. The molecule has 1 aliphatic rings. The van der Waals surface area contributed by atoms with E-state index in [2.05, 4.69) is 4.98 Å². The Morgan fingerprint density at radius 2 is 2.07 bits per heavy atom. The van der Waals surface area contributed by atoms with Crippen LogP contribution in [-0.4, -0.2) is 26.9 Å². The summed E-state index contributed by atoms with van der Waals surface area (Å²) in [6, 6.07) is 3.70. The van der Waals surface area contributed by atoms with E-state index in [0.29, 0.717) is 0 Å². The first-order valence-electron chi connectivity index (χ1n) is 4.95. The molecule has 1 saturated heterocycles. The summed E-state index contributed by atoms with van der Waals surface area (Å²) >= 11 is -0.999. The minimum absolute atomic E-state index is 0.814. The molecule has 0 aromatic carbocycles. The predicted molar refractivity (Wildman–Crippen MR) is 56.1 cm³/mol. The van der Waals surface area contributed by atoms with Crippen molar-refractivity contribution in [2.75, 3.05) is 13.1 Å². The van der Waals surface area contributed by atoms with E-state index in [9.17, 15) is 4.55 Å². The first kappa shape index (κ1) is 9.96. The van der Waals surface area contributed by atoms with Gasteiger partial charge in [-0.2, -0.15) is 0 Å². The zero-order valence-electron chi connectivity index (χ0n) is 8.06. The van der Waals surface area contributed by atoms with Gasteiger partial charge in [0.25, 0.3) is 0 Å². The van der Waals surface area contributed by atoms with Crippen molar-refractivity contribution in [1.82, 2.24) is 9.29 Å². The van der Waals surface area contributed by atoms with E-state index in [0.717, 1.165) is 30.8 Å². The van der Waals surface area contributed by atoms with Crippen LogP contribution < -0.4 is 0 Å². The zero-order valence-corrected chi connectivity index (χ0v) is 8.87. The predicted octanol–water partition coefficient (Wildman–Crippen LogP) is 1.59. The van der Waals surface area contributed by atoms with Gasteiger partial charge in [-0.1, -0.05) is 6.42 Å². The van der Waals surface area contributed by atoms with Gasteiger partial charge in [0.15, 0.2) is 4.90 Å². The van der Waals surface area contributed by atoms with Gasteiger partial charge in [0.2, 0.25) is 0 Å². The fourth-order valence-corrected chi connectivity index (χ4v) is 2.86. The van der Waals surface area contributed by atoms with Gasteiger partial charge in [0.1, 0.15) is 0 Å². The molecule has 2 rings (SSSR count). The van der Waals surface area contributed by atoms with Crippen molar-refractivity contribution in [3.05, 3.63) is 24.5 Å². The third kappa shape index (κ3) is 2.26. The first-order valence-corrected chi connectivity index (χ1v) is 6.05. The molecule has 14 heavy (non-hydrogen) atoms. The lowest BCUT2D eigenvalue weighted by atomic mass is 10.2. The normalized spacial score (nSPS) is 20.6. The minimum atomic E-state index is -0.999. The van der Waals surface area contributed by atoms with E-state index in [1.165, 1.54) is 6.42 Å². The van der Waals surface area contributed by atoms with Gasteiger partial charge in [-0.05, 0) is 25.0 Å². The molecular formula is C10H14N2OS. The van der Waals surface area contributed by atoms with Crippen molar-refractivity contribution in [3.63, 3.8) is 0 Å². The maximum absolute atomic E-state index is 12.0. The fraction of sp³-hybridized carbons (Fsp3) is 0.500. The van der Waals surface area contributed by atoms with Crippen molar-refractivity contribution in [3.8, 4) is 0 Å². The van der Waals surface area contributed by atoms with Crippen LogP contribution in [0.1, 0.15) is 19.3 Å². The van der Waals surface area contributed by atoms with Crippen molar-refractivity contribution in [1.29, 1.82) is 0 Å². The Kier molecular flexibility index (Phi) is 3.39. The number of nitrogens with zero attached hydrogens (tertiary/aromatic N) is 2. The van der Waals surface area contributed by atoms with E-state index < -0.39 is 11.4 Å². The Morgan fingerprint density at radius 3 is 2.71 bits per heavy atom. The minimum Gasteiger partial charge on any atom is -0.593 e. The second-order valence-electron chi connectivity index (χ2n) is 3.43. The Bertz CT molecular complexity index is 275. The van der Waals surface area contributed by atoms with Gasteiger partial charge in [0, 0.05) is 19.3 Å². The molecule has 1 fully saturated rings. The Hall–Kier alpha value is -0.580. The van der Waals surface area contributed by atoms with E-state index in [-0.39, 0.29) is 0 Å². The van der Waals surface area contributed by atoms with E-state index in [4.69, 9.17) is 0 Å². The standard InChI is InChI=1S/C10H14N2OS/c13-14(10-5-4-6-11-9-10)12-7-2-1-3-8-12/h4-6,9H,1-3,7-8H2. The summed E-state index contributed by atoms with van der Waals surface area (Å²) in [5, 5.41) is 0. The highest BCUT2D eigenvalue weighted by Crippen LogP contribution is 2.19. The fourth-order valence-electron chi connectivity index (χ4n) is 1.63. The summed E-state index contributed by atoms with van der Waals surface area (Å²) in [5.41, 5.74) is 0. The molecule has 0 bridgehead atoms. The smallest absolute Gasteiger partial charge is 0.192 e. The lowest BCUT2D eigenvalue weighted by Gasteiger charge is -2.26. The molecule has 1 aliphatic heterocycles. The lowest BCUT2D eigenvalue weighted by Crippen LogP contribution is -2.35. The van der Waals surface area contributed by atoms with Crippen LogP contribution in [0.4, 0.5) is 0 Å². The molecule has 0 radical (unpaired) electrons. The van der Waals surface area contributed by atoms with E-state index in [1.807, 2.05) is 16.4 Å². The Morgan fingerprint density at radius 1 is 1.29 bits per heavy atom. The number of hydrogen-bond donors (Lipinski definition) is 0. The summed E-state index contributed by atoms with van der Waals surface area (Å²) in [5.74, 6) is 0. The molecule has 2 heterocycles. The Labute approximate surface area is 87.5 Å². The maximum Gasteiger partial charge on any atom is 0.192 e. The summed E-state index contributed by atoms with van der Waals surface area (Å²) in [6.07, 6.45) is 6.97. The third-order valence-corrected chi connectivity index (χ3v) is 3.86. The van der Waals surface area contributed by atoms with Crippen LogP contribution in [0.15, 0.2) is 29.4 Å². The highest BCUT2D eigenvalue weighted by molar-refractivity contribution is 7.89. The first-order chi connectivity index (χ1) is 6.88. The van der Waals surface area contributed by atoms with Crippen molar-refractivity contribution in [2.24, 2.45) is 0 Å². The van der Waals surface area contributed by atoms with Crippen LogP contribution in [0, 0.1) is 0 Å². The molecule has 0 spiro atoms. The molecule has 4 heteroatoms. The molecule has 0 saturated carbocycles. The number of rotatable bonds is 2. The average Bonchev–Trinajstić information content (AvgIpc) is 2.30. The maximum atomic E-state index is 12.0. The summed E-state index contributed by atoms with van der Waals surface area (Å²) < 4.78 is 14.0. The molecule has 0 aliphatic carbocycles. The largest absolute Gasteiger partial charge is 0.593 e. The van der Waals surface area contributed by atoms with Crippen molar-refractivity contribution < 1.29 is 4.55 Å². The molecule has 1 atom stereocenters. The average molecular weight is 210 g/mol. The molecule has 1 unspecified atom stereocenters. The Balaban J connectivity index is 2.03. The zero-order chi connectivity index (χ0) is 9.80. The van der Waals surface area contributed by atoms with Gasteiger partial charge in [-0.15, -0.1) is 4.31 Å².